The maximum atomic E-state index is 12.7. The van der Waals surface area contributed by atoms with Gasteiger partial charge in [-0.25, -0.2) is 0 Å². The van der Waals surface area contributed by atoms with Gasteiger partial charge < -0.3 is 10.2 Å². The van der Waals surface area contributed by atoms with Crippen molar-refractivity contribution in [1.29, 1.82) is 0 Å². The second-order valence-electron chi connectivity index (χ2n) is 6.49. The van der Waals surface area contributed by atoms with Crippen LogP contribution in [0.3, 0.4) is 0 Å². The van der Waals surface area contributed by atoms with E-state index in [4.69, 9.17) is 0 Å². The second kappa shape index (κ2) is 7.37. The highest BCUT2D eigenvalue weighted by Crippen LogP contribution is 2.22. The Balaban J connectivity index is 1.99. The van der Waals surface area contributed by atoms with Crippen molar-refractivity contribution in [3.8, 4) is 0 Å². The normalized spacial score (nSPS) is 33.2. The van der Waals surface area contributed by atoms with Crippen LogP contribution in [0.15, 0.2) is 0 Å². The fraction of sp³-hybridized carbons (Fsp3) is 1.00. The number of nitrogens with one attached hydrogen (secondary N) is 2. The van der Waals surface area contributed by atoms with Gasteiger partial charge in [0.1, 0.15) is 0 Å². The summed E-state index contributed by atoms with van der Waals surface area (Å²) in [6, 6.07) is 0.587. The highest BCUT2D eigenvalue weighted by atomic mass is 32.2. The van der Waals surface area contributed by atoms with Gasteiger partial charge >= 0.3 is 0 Å². The van der Waals surface area contributed by atoms with Crippen LogP contribution in [0, 0.1) is 0 Å². The molecule has 7 heteroatoms. The molecule has 2 aliphatic heterocycles. The van der Waals surface area contributed by atoms with Crippen LogP contribution in [0.1, 0.15) is 39.0 Å². The Morgan fingerprint density at radius 3 is 2.62 bits per heavy atom. The molecule has 2 N–H and O–H groups in total. The van der Waals surface area contributed by atoms with Crippen LogP contribution in [-0.4, -0.2) is 69.5 Å². The largest absolute Gasteiger partial charge is 0.318 e. The summed E-state index contributed by atoms with van der Waals surface area (Å²) in [5, 5.41) is 3.12. The van der Waals surface area contributed by atoms with Gasteiger partial charge in [0.15, 0.2) is 0 Å². The molecule has 2 rings (SSSR count). The predicted molar refractivity (Wildman–Crippen MR) is 85.4 cm³/mol. The van der Waals surface area contributed by atoms with Gasteiger partial charge in [-0.15, -0.1) is 0 Å². The standard InChI is InChI=1S/C14H30N4O2S/c1-12-10-13(7-9-17(12)3)16-21(19,20)18-8-5-4-6-14(18)11-15-2/h12-16H,4-11H2,1-3H3. The first-order valence-electron chi connectivity index (χ1n) is 8.08. The van der Waals surface area contributed by atoms with Crippen LogP contribution in [0.2, 0.25) is 0 Å². The first-order valence-corrected chi connectivity index (χ1v) is 9.52. The van der Waals surface area contributed by atoms with E-state index in [1.165, 1.54) is 0 Å². The molecule has 3 unspecified atom stereocenters. The molecule has 0 amide bonds. The van der Waals surface area contributed by atoms with Crippen LogP contribution in [0.4, 0.5) is 0 Å². The summed E-state index contributed by atoms with van der Waals surface area (Å²) in [5.41, 5.74) is 0. The fourth-order valence-electron chi connectivity index (χ4n) is 3.40. The van der Waals surface area contributed by atoms with Crippen molar-refractivity contribution in [2.75, 3.05) is 33.7 Å². The average Bonchev–Trinajstić information content (AvgIpc) is 2.43. The molecule has 3 atom stereocenters. The topological polar surface area (TPSA) is 64.7 Å². The zero-order chi connectivity index (χ0) is 15.5. The SMILES string of the molecule is CNCC1CCCCN1S(=O)(=O)NC1CCN(C)C(C)C1. The highest BCUT2D eigenvalue weighted by Gasteiger charge is 2.34. The number of nitrogens with zero attached hydrogens (tertiary/aromatic N) is 2. The summed E-state index contributed by atoms with van der Waals surface area (Å²) < 4.78 is 30.0. The van der Waals surface area contributed by atoms with Gasteiger partial charge in [-0.05, 0) is 53.2 Å². The molecule has 6 nitrogen and oxygen atoms in total. The third kappa shape index (κ3) is 4.39. The van der Waals surface area contributed by atoms with Crippen molar-refractivity contribution in [1.82, 2.24) is 19.2 Å². The summed E-state index contributed by atoms with van der Waals surface area (Å²) in [6.45, 7) is 4.48. The van der Waals surface area contributed by atoms with Gasteiger partial charge in [-0.3, -0.25) is 0 Å². The minimum atomic E-state index is -3.37. The molecule has 124 valence electrons. The van der Waals surface area contributed by atoms with Crippen molar-refractivity contribution in [2.24, 2.45) is 0 Å². The van der Waals surface area contributed by atoms with E-state index in [1.807, 2.05) is 7.05 Å². The van der Waals surface area contributed by atoms with Crippen molar-refractivity contribution in [3.05, 3.63) is 0 Å². The molecule has 2 aliphatic rings. The molecule has 21 heavy (non-hydrogen) atoms. The average molecular weight is 318 g/mol. The monoisotopic (exact) mass is 318 g/mol. The van der Waals surface area contributed by atoms with Gasteiger partial charge in [0, 0.05) is 31.2 Å². The molecule has 0 aliphatic carbocycles. The molecule has 0 spiro atoms. The number of rotatable bonds is 5. The smallest absolute Gasteiger partial charge is 0.279 e. The number of likely N-dealkylation sites (tertiary alicyclic amines) is 1. The quantitative estimate of drug-likeness (QED) is 0.769. The van der Waals surface area contributed by atoms with Gasteiger partial charge in [-0.1, -0.05) is 6.42 Å². The van der Waals surface area contributed by atoms with E-state index in [9.17, 15) is 8.42 Å². The number of likely N-dealkylation sites (N-methyl/N-ethyl adjacent to an activating group) is 1. The lowest BCUT2D eigenvalue weighted by molar-refractivity contribution is 0.175. The van der Waals surface area contributed by atoms with Crippen molar-refractivity contribution in [2.45, 2.75) is 57.2 Å². The summed E-state index contributed by atoms with van der Waals surface area (Å²) >= 11 is 0. The van der Waals surface area contributed by atoms with E-state index in [2.05, 4.69) is 28.9 Å². The van der Waals surface area contributed by atoms with Gasteiger partial charge in [0.2, 0.25) is 0 Å². The molecule has 0 bridgehead atoms. The van der Waals surface area contributed by atoms with Crippen molar-refractivity contribution >= 4 is 10.2 Å². The van der Waals surface area contributed by atoms with Crippen molar-refractivity contribution < 1.29 is 8.42 Å². The summed E-state index contributed by atoms with van der Waals surface area (Å²) in [5.74, 6) is 0. The summed E-state index contributed by atoms with van der Waals surface area (Å²) in [6.07, 6.45) is 4.81. The lowest BCUT2D eigenvalue weighted by atomic mass is 10.0. The van der Waals surface area contributed by atoms with Crippen LogP contribution in [0.25, 0.3) is 0 Å². The van der Waals surface area contributed by atoms with Gasteiger partial charge in [0.05, 0.1) is 0 Å². The molecule has 0 aromatic heterocycles. The molecule has 2 heterocycles. The minimum absolute atomic E-state index is 0.0679. The Labute approximate surface area is 129 Å². The Hall–Kier alpha value is -0.210. The fourth-order valence-corrected chi connectivity index (χ4v) is 5.12. The molecule has 2 saturated heterocycles. The molecule has 0 radical (unpaired) electrons. The molecule has 2 fully saturated rings. The van der Waals surface area contributed by atoms with E-state index in [0.29, 0.717) is 12.6 Å². The first-order chi connectivity index (χ1) is 9.94. The van der Waals surface area contributed by atoms with Crippen LogP contribution in [0.5, 0.6) is 0 Å². The Kier molecular flexibility index (Phi) is 6.02. The predicted octanol–water partition coefficient (Wildman–Crippen LogP) is 0.377. The van der Waals surface area contributed by atoms with E-state index >= 15 is 0 Å². The van der Waals surface area contributed by atoms with Gasteiger partial charge in [0.25, 0.3) is 10.2 Å². The molecular weight excluding hydrogens is 288 g/mol. The third-order valence-electron chi connectivity index (χ3n) is 4.85. The molecule has 0 aromatic carbocycles. The third-order valence-corrected chi connectivity index (χ3v) is 6.57. The van der Waals surface area contributed by atoms with Crippen LogP contribution in [-0.2, 0) is 10.2 Å². The molecule has 0 aromatic rings. The number of hydrogen-bond donors (Lipinski definition) is 2. The maximum absolute atomic E-state index is 12.7. The highest BCUT2D eigenvalue weighted by molar-refractivity contribution is 7.87. The molecule has 0 saturated carbocycles. The Bertz CT molecular complexity index is 427. The number of hydrogen-bond acceptors (Lipinski definition) is 4. The second-order valence-corrected chi connectivity index (χ2v) is 8.15. The van der Waals surface area contributed by atoms with E-state index in [1.54, 1.807) is 4.31 Å². The Morgan fingerprint density at radius 2 is 1.95 bits per heavy atom. The lowest BCUT2D eigenvalue weighted by Crippen LogP contribution is -2.56. The van der Waals surface area contributed by atoms with E-state index in [-0.39, 0.29) is 12.1 Å². The summed E-state index contributed by atoms with van der Waals surface area (Å²) in [7, 11) is 0.610. The zero-order valence-corrected chi connectivity index (χ0v) is 14.3. The summed E-state index contributed by atoms with van der Waals surface area (Å²) in [4.78, 5) is 2.29. The lowest BCUT2D eigenvalue weighted by Gasteiger charge is -2.38. The van der Waals surface area contributed by atoms with Crippen LogP contribution >= 0.6 is 0 Å². The number of piperidine rings is 2. The molecular formula is C14H30N4O2S. The maximum Gasteiger partial charge on any atom is 0.279 e. The first kappa shape index (κ1) is 17.1. The van der Waals surface area contributed by atoms with Crippen molar-refractivity contribution in [3.63, 3.8) is 0 Å². The van der Waals surface area contributed by atoms with Crippen LogP contribution < -0.4 is 10.0 Å². The Morgan fingerprint density at radius 1 is 1.19 bits per heavy atom. The van der Waals surface area contributed by atoms with E-state index < -0.39 is 10.2 Å². The zero-order valence-electron chi connectivity index (χ0n) is 13.5. The van der Waals surface area contributed by atoms with E-state index in [0.717, 1.165) is 45.2 Å². The minimum Gasteiger partial charge on any atom is -0.318 e. The van der Waals surface area contributed by atoms with Gasteiger partial charge in [-0.2, -0.15) is 17.4 Å².